The first kappa shape index (κ1) is 13.8. The molecule has 4 nitrogen and oxygen atoms in total. The minimum absolute atomic E-state index is 0.276. The lowest BCUT2D eigenvalue weighted by molar-refractivity contribution is 0.139. The first-order valence-electron chi connectivity index (χ1n) is 5.76. The van der Waals surface area contributed by atoms with E-state index in [-0.39, 0.29) is 6.04 Å². The Hall–Kier alpha value is -1.26. The lowest BCUT2D eigenvalue weighted by Crippen LogP contribution is -2.36. The Morgan fingerprint density at radius 3 is 2.53 bits per heavy atom. The molecule has 0 spiro atoms. The predicted octanol–water partition coefficient (Wildman–Crippen LogP) is 1.34. The van der Waals surface area contributed by atoms with Crippen LogP contribution in [0.1, 0.15) is 18.9 Å². The van der Waals surface area contributed by atoms with Gasteiger partial charge in [-0.1, -0.05) is 13.0 Å². The Morgan fingerprint density at radius 2 is 2.00 bits per heavy atom. The van der Waals surface area contributed by atoms with Crippen molar-refractivity contribution in [3.63, 3.8) is 0 Å². The summed E-state index contributed by atoms with van der Waals surface area (Å²) < 4.78 is 10.4. The van der Waals surface area contributed by atoms with Crippen LogP contribution < -0.4 is 15.2 Å². The van der Waals surface area contributed by atoms with Gasteiger partial charge in [-0.3, -0.25) is 0 Å². The highest BCUT2D eigenvalue weighted by Crippen LogP contribution is 2.25. The van der Waals surface area contributed by atoms with Gasteiger partial charge in [0.1, 0.15) is 11.5 Å². The topological polar surface area (TPSA) is 64.7 Å². The summed E-state index contributed by atoms with van der Waals surface area (Å²) in [6.07, 6.45) is 0.753. The van der Waals surface area contributed by atoms with Crippen molar-refractivity contribution in [1.29, 1.82) is 0 Å². The first-order chi connectivity index (χ1) is 8.12. The van der Waals surface area contributed by atoms with Crippen molar-refractivity contribution < 1.29 is 14.6 Å². The van der Waals surface area contributed by atoms with Crippen LogP contribution in [0.4, 0.5) is 0 Å². The lowest BCUT2D eigenvalue weighted by Gasteiger charge is -2.19. The van der Waals surface area contributed by atoms with Gasteiger partial charge in [0.2, 0.25) is 0 Å². The summed E-state index contributed by atoms with van der Waals surface area (Å²) in [6, 6.07) is 5.32. The van der Waals surface area contributed by atoms with E-state index in [4.69, 9.17) is 15.2 Å². The number of benzene rings is 1. The fourth-order valence-electron chi connectivity index (χ4n) is 1.71. The molecule has 0 saturated heterocycles. The summed E-state index contributed by atoms with van der Waals surface area (Å²) in [5.41, 5.74) is 6.90. The van der Waals surface area contributed by atoms with E-state index in [1.165, 1.54) is 0 Å². The van der Waals surface area contributed by atoms with E-state index in [2.05, 4.69) is 0 Å². The summed E-state index contributed by atoms with van der Waals surface area (Å²) in [4.78, 5) is 0. The highest BCUT2D eigenvalue weighted by molar-refractivity contribution is 5.41. The van der Waals surface area contributed by atoms with E-state index in [9.17, 15) is 5.11 Å². The number of ether oxygens (including phenoxy) is 2. The molecular formula is C13H21NO3. The van der Waals surface area contributed by atoms with Crippen LogP contribution in [0.15, 0.2) is 18.2 Å². The van der Waals surface area contributed by atoms with E-state index in [1.54, 1.807) is 14.2 Å². The molecule has 0 aliphatic carbocycles. The third-order valence-electron chi connectivity index (χ3n) is 2.86. The molecule has 1 rings (SSSR count). The Morgan fingerprint density at radius 1 is 1.29 bits per heavy atom. The Bertz CT molecular complexity index is 355. The van der Waals surface area contributed by atoms with Crippen LogP contribution in [-0.2, 0) is 6.42 Å². The second-order valence-electron chi connectivity index (χ2n) is 4.02. The maximum atomic E-state index is 9.66. The zero-order valence-corrected chi connectivity index (χ0v) is 10.6. The number of hydrogen-bond acceptors (Lipinski definition) is 4. The molecule has 0 heterocycles. The fraction of sp³-hybridized carbons (Fsp3) is 0.538. The molecule has 0 aliphatic heterocycles. The van der Waals surface area contributed by atoms with Crippen LogP contribution in [0.5, 0.6) is 11.5 Å². The van der Waals surface area contributed by atoms with Crippen LogP contribution in [-0.4, -0.2) is 31.5 Å². The van der Waals surface area contributed by atoms with Gasteiger partial charge >= 0.3 is 0 Å². The number of rotatable bonds is 6. The maximum absolute atomic E-state index is 9.66. The molecule has 96 valence electrons. The van der Waals surface area contributed by atoms with E-state index in [0.29, 0.717) is 12.8 Å². The van der Waals surface area contributed by atoms with Gasteiger partial charge in [-0.2, -0.15) is 0 Å². The van der Waals surface area contributed by atoms with Crippen molar-refractivity contribution in [2.45, 2.75) is 31.9 Å². The number of nitrogens with two attached hydrogens (primary N) is 1. The largest absolute Gasteiger partial charge is 0.497 e. The minimum atomic E-state index is -0.484. The number of methoxy groups -OCH3 is 2. The van der Waals surface area contributed by atoms with Gasteiger partial charge in [-0.15, -0.1) is 0 Å². The number of aliphatic hydroxyl groups is 1. The minimum Gasteiger partial charge on any atom is -0.497 e. The van der Waals surface area contributed by atoms with Gasteiger partial charge in [0.25, 0.3) is 0 Å². The number of aliphatic hydroxyl groups excluding tert-OH is 1. The van der Waals surface area contributed by atoms with Crippen LogP contribution in [0.3, 0.4) is 0 Å². The highest BCUT2D eigenvalue weighted by atomic mass is 16.5. The van der Waals surface area contributed by atoms with Gasteiger partial charge in [0.05, 0.1) is 20.3 Å². The molecule has 1 aromatic rings. The summed E-state index contributed by atoms with van der Waals surface area (Å²) >= 11 is 0. The first-order valence-corrected chi connectivity index (χ1v) is 5.76. The molecule has 0 saturated carbocycles. The van der Waals surface area contributed by atoms with Crippen molar-refractivity contribution in [2.75, 3.05) is 14.2 Å². The third-order valence-corrected chi connectivity index (χ3v) is 2.86. The fourth-order valence-corrected chi connectivity index (χ4v) is 1.71. The average molecular weight is 239 g/mol. The van der Waals surface area contributed by atoms with Gasteiger partial charge < -0.3 is 20.3 Å². The standard InChI is InChI=1S/C13H21NO3/c1-4-12(15)11(14)7-9-5-6-10(16-2)8-13(9)17-3/h5-6,8,11-12,15H,4,7,14H2,1-3H3. The van der Waals surface area contributed by atoms with E-state index in [0.717, 1.165) is 17.1 Å². The Kier molecular flexibility index (Phi) is 5.25. The van der Waals surface area contributed by atoms with Crippen LogP contribution in [0.25, 0.3) is 0 Å². The van der Waals surface area contributed by atoms with E-state index < -0.39 is 6.10 Å². The molecule has 3 N–H and O–H groups in total. The molecule has 0 radical (unpaired) electrons. The molecular weight excluding hydrogens is 218 g/mol. The monoisotopic (exact) mass is 239 g/mol. The summed E-state index contributed by atoms with van der Waals surface area (Å²) in [7, 11) is 3.22. The van der Waals surface area contributed by atoms with Crippen LogP contribution in [0.2, 0.25) is 0 Å². The van der Waals surface area contributed by atoms with Gasteiger partial charge in [0.15, 0.2) is 0 Å². The zero-order chi connectivity index (χ0) is 12.8. The van der Waals surface area contributed by atoms with Crippen molar-refractivity contribution >= 4 is 0 Å². The molecule has 4 heteroatoms. The molecule has 1 aromatic carbocycles. The second-order valence-corrected chi connectivity index (χ2v) is 4.02. The molecule has 17 heavy (non-hydrogen) atoms. The predicted molar refractivity (Wildman–Crippen MR) is 67.5 cm³/mol. The SMILES string of the molecule is CCC(O)C(N)Cc1ccc(OC)cc1OC. The zero-order valence-electron chi connectivity index (χ0n) is 10.6. The molecule has 0 aromatic heterocycles. The van der Waals surface area contributed by atoms with Gasteiger partial charge in [0, 0.05) is 12.1 Å². The van der Waals surface area contributed by atoms with Crippen LogP contribution >= 0.6 is 0 Å². The molecule has 2 atom stereocenters. The summed E-state index contributed by atoms with van der Waals surface area (Å²) in [5, 5.41) is 9.66. The van der Waals surface area contributed by atoms with Gasteiger partial charge in [-0.05, 0) is 24.5 Å². The van der Waals surface area contributed by atoms with E-state index >= 15 is 0 Å². The lowest BCUT2D eigenvalue weighted by atomic mass is 10.00. The smallest absolute Gasteiger partial charge is 0.125 e. The van der Waals surface area contributed by atoms with Crippen LogP contribution in [0, 0.1) is 0 Å². The normalized spacial score (nSPS) is 14.2. The maximum Gasteiger partial charge on any atom is 0.125 e. The van der Waals surface area contributed by atoms with E-state index in [1.807, 2.05) is 25.1 Å². The average Bonchev–Trinajstić information content (AvgIpc) is 2.37. The molecule has 0 fully saturated rings. The highest BCUT2D eigenvalue weighted by Gasteiger charge is 2.15. The number of hydrogen-bond donors (Lipinski definition) is 2. The molecule has 2 unspecified atom stereocenters. The Labute approximate surface area is 102 Å². The quantitative estimate of drug-likeness (QED) is 0.786. The van der Waals surface area contributed by atoms with Crippen molar-refractivity contribution in [3.05, 3.63) is 23.8 Å². The molecule has 0 bridgehead atoms. The summed E-state index contributed by atoms with van der Waals surface area (Å²) in [5.74, 6) is 1.48. The van der Waals surface area contributed by atoms with Crippen molar-refractivity contribution in [1.82, 2.24) is 0 Å². The van der Waals surface area contributed by atoms with Crippen molar-refractivity contribution in [3.8, 4) is 11.5 Å². The Balaban J connectivity index is 2.83. The van der Waals surface area contributed by atoms with Crippen molar-refractivity contribution in [2.24, 2.45) is 5.73 Å². The van der Waals surface area contributed by atoms with Gasteiger partial charge in [-0.25, -0.2) is 0 Å². The third kappa shape index (κ3) is 3.61. The molecule has 0 amide bonds. The second kappa shape index (κ2) is 6.47. The summed E-state index contributed by atoms with van der Waals surface area (Å²) in [6.45, 7) is 1.91. The molecule has 0 aliphatic rings.